The van der Waals surface area contributed by atoms with Crippen LogP contribution in [0, 0.1) is 17.1 Å². The number of halogens is 2. The highest BCUT2D eigenvalue weighted by atomic mass is 35.5. The molecule has 0 bridgehead atoms. The Bertz CT molecular complexity index is 1080. The number of nitrogens with zero attached hydrogens (tertiary/aromatic N) is 2. The summed E-state index contributed by atoms with van der Waals surface area (Å²) in [6, 6.07) is 2.29. The number of Topliss-reactive ketones (excluding diaryl/α,β-unsaturated/α-hetero) is 1. The number of hydrogen-bond acceptors (Lipinski definition) is 8. The van der Waals surface area contributed by atoms with Gasteiger partial charge in [-0.15, -0.1) is 0 Å². The van der Waals surface area contributed by atoms with Crippen molar-refractivity contribution in [2.45, 2.75) is 52.1 Å². The van der Waals surface area contributed by atoms with Gasteiger partial charge < -0.3 is 4.74 Å². The van der Waals surface area contributed by atoms with E-state index in [4.69, 9.17) is 26.4 Å². The van der Waals surface area contributed by atoms with Gasteiger partial charge in [0.05, 0.1) is 35.4 Å². The number of rotatable bonds is 8. The zero-order valence-electron chi connectivity index (χ0n) is 18.0. The molecule has 1 heterocycles. The number of nitriles is 1. The topological polar surface area (TPSA) is 126 Å². The molecule has 3 rings (SSSR count). The van der Waals surface area contributed by atoms with Crippen molar-refractivity contribution in [3.8, 4) is 6.07 Å². The van der Waals surface area contributed by atoms with E-state index in [1.165, 1.54) is 6.07 Å². The molecule has 1 aliphatic heterocycles. The van der Waals surface area contributed by atoms with E-state index >= 15 is 4.39 Å². The summed E-state index contributed by atoms with van der Waals surface area (Å²) >= 11 is 6.13. The number of amides is 2. The molecule has 0 unspecified atom stereocenters. The molecule has 0 atom stereocenters. The van der Waals surface area contributed by atoms with Gasteiger partial charge in [0.25, 0.3) is 17.6 Å². The second kappa shape index (κ2) is 10.1. The Morgan fingerprint density at radius 1 is 1.24 bits per heavy atom. The van der Waals surface area contributed by atoms with Crippen LogP contribution >= 0.6 is 11.6 Å². The highest BCUT2D eigenvalue weighted by Gasteiger charge is 2.42. The number of carbonyl (C=O) groups excluding carboxylic acids is 4. The predicted molar refractivity (Wildman–Crippen MR) is 115 cm³/mol. The fourth-order valence-electron chi connectivity index (χ4n) is 3.64. The first-order valence-electron chi connectivity index (χ1n) is 10.3. The highest BCUT2D eigenvalue weighted by Crippen LogP contribution is 2.41. The maximum atomic E-state index is 15.4. The fraction of sp³-hybridized carbons (Fsp3) is 0.409. The smallest absolute Gasteiger partial charge is 0.308 e. The average molecular weight is 478 g/mol. The van der Waals surface area contributed by atoms with Crippen molar-refractivity contribution in [3.63, 3.8) is 0 Å². The van der Waals surface area contributed by atoms with Crippen molar-refractivity contribution < 1.29 is 33.1 Å². The maximum Gasteiger partial charge on any atom is 0.308 e. The summed E-state index contributed by atoms with van der Waals surface area (Å²) in [5.41, 5.74) is 1.39. The normalized spacial score (nSPS) is 15.6. The van der Waals surface area contributed by atoms with Crippen molar-refractivity contribution in [2.24, 2.45) is 0 Å². The number of hydrogen-bond donors (Lipinski definition) is 1. The lowest BCUT2D eigenvalue weighted by atomic mass is 9.93. The molecule has 9 nitrogen and oxygen atoms in total. The van der Waals surface area contributed by atoms with Crippen molar-refractivity contribution >= 4 is 46.5 Å². The largest absolute Gasteiger partial charge is 0.463 e. The second-order valence-electron chi connectivity index (χ2n) is 7.74. The molecule has 0 saturated carbocycles. The average Bonchev–Trinajstić information content (AvgIpc) is 3.03. The van der Waals surface area contributed by atoms with Crippen molar-refractivity contribution in [2.75, 3.05) is 17.0 Å². The van der Waals surface area contributed by atoms with Crippen LogP contribution in [-0.4, -0.2) is 36.3 Å². The van der Waals surface area contributed by atoms with E-state index in [2.05, 4.69) is 5.48 Å². The first-order valence-corrected chi connectivity index (χ1v) is 10.7. The van der Waals surface area contributed by atoms with Gasteiger partial charge in [-0.25, -0.2) is 9.29 Å². The molecule has 1 aliphatic carbocycles. The fourth-order valence-corrected chi connectivity index (χ4v) is 3.90. The van der Waals surface area contributed by atoms with E-state index < -0.39 is 51.3 Å². The first kappa shape index (κ1) is 24.4. The van der Waals surface area contributed by atoms with Gasteiger partial charge in [0.15, 0.2) is 5.82 Å². The van der Waals surface area contributed by atoms with Gasteiger partial charge >= 0.3 is 5.97 Å². The molecule has 1 aromatic rings. The van der Waals surface area contributed by atoms with E-state index in [-0.39, 0.29) is 19.1 Å². The minimum atomic E-state index is -1.12. The van der Waals surface area contributed by atoms with Gasteiger partial charge in [-0.3, -0.25) is 29.5 Å². The zero-order chi connectivity index (χ0) is 24.3. The minimum absolute atomic E-state index is 0.159. The number of ketones is 1. The Balaban J connectivity index is 1.91. The minimum Gasteiger partial charge on any atom is -0.463 e. The number of anilines is 2. The number of esters is 1. The Labute approximate surface area is 194 Å². The summed E-state index contributed by atoms with van der Waals surface area (Å²) in [7, 11) is 0. The Morgan fingerprint density at radius 3 is 2.39 bits per heavy atom. The lowest BCUT2D eigenvalue weighted by Crippen LogP contribution is -2.33. The molecule has 2 aliphatic rings. The monoisotopic (exact) mass is 477 g/mol. The third-order valence-electron chi connectivity index (χ3n) is 5.11. The number of carbonyl (C=O) groups is 4. The quantitative estimate of drug-likeness (QED) is 0.150. The van der Waals surface area contributed by atoms with Crippen LogP contribution in [0.4, 0.5) is 15.8 Å². The van der Waals surface area contributed by atoms with E-state index in [0.717, 1.165) is 18.9 Å². The molecule has 11 heteroatoms. The second-order valence-corrected chi connectivity index (χ2v) is 8.11. The number of ether oxygens (including phenoxy) is 1. The lowest BCUT2D eigenvalue weighted by molar-refractivity contribution is -0.148. The van der Waals surface area contributed by atoms with Gasteiger partial charge in [0.2, 0.25) is 0 Å². The molecule has 1 N–H and O–H groups in total. The molecule has 0 saturated heterocycles. The molecule has 0 radical (unpaired) electrons. The molecule has 0 aromatic heterocycles. The third-order valence-corrected chi connectivity index (χ3v) is 5.50. The first-order chi connectivity index (χ1) is 15.7. The van der Waals surface area contributed by atoms with Crippen LogP contribution in [0.1, 0.15) is 56.3 Å². The predicted octanol–water partition coefficient (Wildman–Crippen LogP) is 3.61. The van der Waals surface area contributed by atoms with Crippen LogP contribution in [0.2, 0.25) is 5.02 Å². The summed E-state index contributed by atoms with van der Waals surface area (Å²) in [5.74, 6) is -4.11. The number of benzene rings is 1. The third kappa shape index (κ3) is 4.89. The van der Waals surface area contributed by atoms with Crippen LogP contribution in [0.15, 0.2) is 17.2 Å². The lowest BCUT2D eigenvalue weighted by Gasteiger charge is -2.20. The van der Waals surface area contributed by atoms with Crippen molar-refractivity contribution in [3.05, 3.63) is 33.6 Å². The van der Waals surface area contributed by atoms with E-state index in [1.807, 2.05) is 0 Å². The molecule has 1 aromatic carbocycles. The molecule has 0 spiro atoms. The van der Waals surface area contributed by atoms with Crippen molar-refractivity contribution in [1.82, 2.24) is 0 Å². The van der Waals surface area contributed by atoms with E-state index in [9.17, 15) is 19.2 Å². The molecule has 174 valence electrons. The van der Waals surface area contributed by atoms with Crippen molar-refractivity contribution in [1.29, 1.82) is 5.26 Å². The summed E-state index contributed by atoms with van der Waals surface area (Å²) < 4.78 is 20.4. The number of imide groups is 1. The summed E-state index contributed by atoms with van der Waals surface area (Å²) in [5, 5.41) is 8.57. The Hall–Kier alpha value is -3.29. The van der Waals surface area contributed by atoms with Gasteiger partial charge in [0.1, 0.15) is 11.8 Å². The molecule has 0 fully saturated rings. The summed E-state index contributed by atoms with van der Waals surface area (Å²) in [4.78, 5) is 55.2. The summed E-state index contributed by atoms with van der Waals surface area (Å²) in [6.07, 6.45) is 1.78. The van der Waals surface area contributed by atoms with Gasteiger partial charge in [0, 0.05) is 11.1 Å². The SMILES string of the molecule is CC(C)OC(=O)CCONc1c(F)c(N2C(=O)C3=C(CCCC3)C2=O)cc(C(=O)C#N)c1Cl. The standard InChI is InChI=1S/C22H21ClFN3O6/c1-11(2)33-17(29)7-8-32-26-20-18(23)14(16(28)10-25)9-15(19(20)24)27-21(30)12-5-3-4-6-13(12)22(27)31/h9,11,26H,3-8H2,1-2H3. The summed E-state index contributed by atoms with van der Waals surface area (Å²) in [6.45, 7) is 3.13. The molecule has 33 heavy (non-hydrogen) atoms. The van der Waals surface area contributed by atoms with Crippen LogP contribution in [0.25, 0.3) is 0 Å². The van der Waals surface area contributed by atoms with E-state index in [1.54, 1.807) is 13.8 Å². The van der Waals surface area contributed by atoms with E-state index in [0.29, 0.717) is 28.9 Å². The Morgan fingerprint density at radius 2 is 1.85 bits per heavy atom. The molecule has 2 amide bonds. The van der Waals surface area contributed by atoms with Gasteiger partial charge in [-0.05, 0) is 45.6 Å². The highest BCUT2D eigenvalue weighted by molar-refractivity contribution is 6.38. The Kier molecular flexibility index (Phi) is 7.46. The van der Waals surface area contributed by atoms with Gasteiger partial charge in [-0.2, -0.15) is 5.26 Å². The molecular formula is C22H21ClFN3O6. The zero-order valence-corrected chi connectivity index (χ0v) is 18.8. The number of nitrogens with one attached hydrogen (secondary N) is 1. The van der Waals surface area contributed by atoms with Gasteiger partial charge in [-0.1, -0.05) is 11.6 Å². The molecular weight excluding hydrogens is 457 g/mol. The van der Waals surface area contributed by atoms with Crippen LogP contribution in [-0.2, 0) is 24.0 Å². The maximum absolute atomic E-state index is 15.4. The van der Waals surface area contributed by atoms with Crippen LogP contribution in [0.3, 0.4) is 0 Å². The van der Waals surface area contributed by atoms with Crippen LogP contribution < -0.4 is 10.4 Å². The van der Waals surface area contributed by atoms with Crippen LogP contribution in [0.5, 0.6) is 0 Å².